The van der Waals surface area contributed by atoms with Crippen LogP contribution in [0.3, 0.4) is 0 Å². The van der Waals surface area contributed by atoms with Gasteiger partial charge in [0.15, 0.2) is 5.96 Å². The third-order valence-electron chi connectivity index (χ3n) is 22.3. The molecule has 4 aromatic rings. The van der Waals surface area contributed by atoms with Crippen LogP contribution < -0.4 is 96.5 Å². The normalized spacial score (nSPS) is 18.8. The van der Waals surface area contributed by atoms with Gasteiger partial charge in [0, 0.05) is 88.1 Å². The van der Waals surface area contributed by atoms with Crippen molar-refractivity contribution in [1.29, 1.82) is 5.41 Å². The number of nitrogens with zero attached hydrogens (tertiary/aromatic N) is 2. The first-order chi connectivity index (χ1) is 63.5. The summed E-state index contributed by atoms with van der Waals surface area (Å²) in [7, 11) is 0. The Kier molecular flexibility index (Phi) is 41.8. The highest BCUT2D eigenvalue weighted by Crippen LogP contribution is 2.27. The summed E-state index contributed by atoms with van der Waals surface area (Å²) in [6.45, 7) is 8.48. The number of phenols is 1. The third-order valence-corrected chi connectivity index (χ3v) is 22.7. The van der Waals surface area contributed by atoms with Gasteiger partial charge < -0.3 is 127 Å². The van der Waals surface area contributed by atoms with Crippen molar-refractivity contribution >= 4 is 148 Å². The molecule has 3 aromatic carbocycles. The quantitative estimate of drug-likeness (QED) is 0.00861. The summed E-state index contributed by atoms with van der Waals surface area (Å²) in [5, 5.41) is 79.0. The maximum Gasteiger partial charge on any atom is 0.303 e. The zero-order chi connectivity index (χ0) is 98.7. The molecule has 0 radical (unpaired) electrons. The number of aliphatic carboxylic acids is 2. The zero-order valence-electron chi connectivity index (χ0n) is 75.7. The van der Waals surface area contributed by atoms with Crippen molar-refractivity contribution in [3.63, 3.8) is 0 Å². The lowest BCUT2D eigenvalue weighted by molar-refractivity contribution is -0.147. The number of hydrogen-bond acceptors (Lipinski definition) is 23. The minimum atomic E-state index is -2.08. The van der Waals surface area contributed by atoms with E-state index in [-0.39, 0.29) is 101 Å². The number of rotatable bonds is 44. The highest BCUT2D eigenvalue weighted by atomic mass is 32.1. The third kappa shape index (κ3) is 34.0. The van der Waals surface area contributed by atoms with Crippen LogP contribution in [0.15, 0.2) is 85.1 Å². The van der Waals surface area contributed by atoms with Crippen LogP contribution in [0.25, 0.3) is 10.9 Å². The number of benzene rings is 3. The molecule has 134 heavy (non-hydrogen) atoms. The topological polar surface area (TPSA) is 693 Å². The second-order valence-corrected chi connectivity index (χ2v) is 34.7. The number of hydrogen-bond donors (Lipinski definition) is 24. The molecular weight excluding hydrogens is 1770 g/mol. The summed E-state index contributed by atoms with van der Waals surface area (Å²) in [6.07, 6.45) is -3.04. The Bertz CT molecular complexity index is 4900. The number of primary amides is 1. The number of aromatic amines is 1. The van der Waals surface area contributed by atoms with Gasteiger partial charge in [-0.3, -0.25) is 101 Å². The SMILES string of the molecule is CC(=O)N[C@@H](CCC(=O)O)C(=O)N[C@@H](Cc1c[nH]c2ccccc12)C(=O)N[C@@H](CCCNC(=N)N)C(=O)N[C@@H](Cc1ccccc1)C(=O)N[C@H]1CC(=O)NC[C@@H](C(=O)N[C@@H](CC(C)C)C(=O)N[C@@H](Cc2ccc(O)cc2)C(=O)N[C@@H](CC(C)C)C(=O)N[C@H](C(=O)N[C@@H](CS)C(=O)NCC(N)=O)C(C)C)NC(=O)[C@H](CCC(=O)O)NC(=O)[C@@H]2CCCN2C(=O)[C@H]2CCCN2C(=O)CNC1=O. The van der Waals surface area contributed by atoms with Crippen LogP contribution in [0.2, 0.25) is 0 Å². The van der Waals surface area contributed by atoms with Crippen molar-refractivity contribution in [2.75, 3.05) is 45.0 Å². The molecule has 1 aromatic heterocycles. The summed E-state index contributed by atoms with van der Waals surface area (Å²) in [6, 6.07) is -2.10. The number of guanidine groups is 1. The van der Waals surface area contributed by atoms with E-state index in [1.165, 1.54) is 34.1 Å². The molecule has 18 amide bonds. The first-order valence-corrected chi connectivity index (χ1v) is 44.9. The number of carbonyl (C=O) groups is 20. The molecule has 46 heteroatoms. The van der Waals surface area contributed by atoms with Gasteiger partial charge in [-0.1, -0.05) is 102 Å². The lowest BCUT2D eigenvalue weighted by Gasteiger charge is -2.32. The molecule has 25 N–H and O–H groups in total. The Morgan fingerprint density at radius 1 is 0.545 bits per heavy atom. The monoisotopic (exact) mass is 1890 g/mol. The lowest BCUT2D eigenvalue weighted by Crippen LogP contribution is -2.62. The summed E-state index contributed by atoms with van der Waals surface area (Å²) in [5.41, 5.74) is 12.6. The van der Waals surface area contributed by atoms with E-state index in [4.69, 9.17) is 16.9 Å². The maximum absolute atomic E-state index is 15.4. The van der Waals surface area contributed by atoms with Crippen LogP contribution >= 0.6 is 12.6 Å². The van der Waals surface area contributed by atoms with E-state index in [0.717, 1.165) is 6.92 Å². The number of fused-ring (bicyclic) bond motifs is 3. The van der Waals surface area contributed by atoms with E-state index < -0.39 is 279 Å². The molecule has 0 spiro atoms. The molecule has 7 rings (SSSR count). The number of amides is 18. The molecule has 0 aliphatic carbocycles. The van der Waals surface area contributed by atoms with Crippen molar-refractivity contribution < 1.29 is 111 Å². The van der Waals surface area contributed by atoms with E-state index >= 15 is 33.6 Å². The molecule has 0 unspecified atom stereocenters. The van der Waals surface area contributed by atoms with Gasteiger partial charge >= 0.3 is 11.9 Å². The van der Waals surface area contributed by atoms with E-state index in [2.05, 4.69) is 103 Å². The molecule has 3 saturated heterocycles. The number of carboxylic acids is 2. The Balaban J connectivity index is 1.25. The average molecular weight is 1890 g/mol. The minimum absolute atomic E-state index is 0.0179. The second-order valence-electron chi connectivity index (χ2n) is 34.4. The number of para-hydroxylation sites is 1. The number of nitrogens with two attached hydrogens (primary N) is 2. The molecule has 3 aliphatic rings. The average Bonchev–Trinajstić information content (AvgIpc) is 1.65. The van der Waals surface area contributed by atoms with Crippen molar-refractivity contribution in [2.45, 2.75) is 236 Å². The molecule has 45 nitrogen and oxygen atoms in total. The fourth-order valence-corrected chi connectivity index (χ4v) is 15.7. The minimum Gasteiger partial charge on any atom is -0.508 e. The van der Waals surface area contributed by atoms with Gasteiger partial charge in [0.2, 0.25) is 106 Å². The van der Waals surface area contributed by atoms with Crippen LogP contribution in [0.4, 0.5) is 0 Å². The summed E-state index contributed by atoms with van der Waals surface area (Å²) in [5.74, 6) is -23.0. The number of H-pyrrole nitrogens is 1. The molecule has 3 aliphatic heterocycles. The van der Waals surface area contributed by atoms with Crippen molar-refractivity contribution in [1.82, 2.24) is 99.9 Å². The highest BCUT2D eigenvalue weighted by Gasteiger charge is 2.45. The van der Waals surface area contributed by atoms with Crippen LogP contribution in [0.1, 0.15) is 149 Å². The van der Waals surface area contributed by atoms with Crippen molar-refractivity contribution in [3.05, 3.63) is 102 Å². The van der Waals surface area contributed by atoms with Gasteiger partial charge in [-0.15, -0.1) is 0 Å². The number of phenolic OH excluding ortho intramolecular Hbond substituents is 1. The number of thiol groups is 1. The van der Waals surface area contributed by atoms with Crippen LogP contribution in [-0.4, -0.2) is 284 Å². The molecule has 4 heterocycles. The van der Waals surface area contributed by atoms with Crippen molar-refractivity contribution in [3.8, 4) is 5.75 Å². The second kappa shape index (κ2) is 52.3. The fourth-order valence-electron chi connectivity index (χ4n) is 15.5. The first kappa shape index (κ1) is 107. The predicted octanol–water partition coefficient (Wildman–Crippen LogP) is -4.37. The molecular formula is C88H124N22O23S. The first-order valence-electron chi connectivity index (χ1n) is 44.3. The molecule has 0 bridgehead atoms. The van der Waals surface area contributed by atoms with E-state index in [1.807, 2.05) is 0 Å². The molecule has 3 fully saturated rings. The lowest BCUT2D eigenvalue weighted by atomic mass is 9.98. The van der Waals surface area contributed by atoms with Crippen LogP contribution in [-0.2, 0) is 115 Å². The van der Waals surface area contributed by atoms with Crippen LogP contribution in [0.5, 0.6) is 5.75 Å². The Morgan fingerprint density at radius 2 is 1.08 bits per heavy atom. The number of aromatic hydroxyl groups is 1. The fraction of sp³-hybridized carbons (Fsp3) is 0.534. The van der Waals surface area contributed by atoms with Crippen LogP contribution in [0, 0.1) is 23.2 Å². The molecule has 14 atom stereocenters. The molecule has 0 saturated carbocycles. The predicted molar refractivity (Wildman–Crippen MR) is 486 cm³/mol. The highest BCUT2D eigenvalue weighted by molar-refractivity contribution is 7.80. The smallest absolute Gasteiger partial charge is 0.303 e. The zero-order valence-corrected chi connectivity index (χ0v) is 76.6. The maximum atomic E-state index is 15.4. The Morgan fingerprint density at radius 3 is 1.68 bits per heavy atom. The van der Waals surface area contributed by atoms with E-state index in [9.17, 15) is 77.6 Å². The van der Waals surface area contributed by atoms with Gasteiger partial charge in [0.05, 0.1) is 19.5 Å². The number of carboxylic acid groups (broad SMARTS) is 2. The van der Waals surface area contributed by atoms with E-state index in [1.54, 1.807) is 102 Å². The van der Waals surface area contributed by atoms with Gasteiger partial charge in [0.25, 0.3) is 0 Å². The van der Waals surface area contributed by atoms with E-state index in [0.29, 0.717) is 27.6 Å². The number of carbonyl (C=O) groups excluding carboxylic acids is 18. The Labute approximate surface area is 778 Å². The molecule has 730 valence electrons. The van der Waals surface area contributed by atoms with Gasteiger partial charge in [-0.2, -0.15) is 12.6 Å². The van der Waals surface area contributed by atoms with Gasteiger partial charge in [-0.25, -0.2) is 0 Å². The number of nitrogens with one attached hydrogen (secondary N) is 18. The van der Waals surface area contributed by atoms with Gasteiger partial charge in [-0.05, 0) is 117 Å². The largest absolute Gasteiger partial charge is 0.508 e. The summed E-state index contributed by atoms with van der Waals surface area (Å²) in [4.78, 5) is 289. The summed E-state index contributed by atoms with van der Waals surface area (Å²) < 4.78 is 0. The summed E-state index contributed by atoms with van der Waals surface area (Å²) >= 11 is 4.17. The van der Waals surface area contributed by atoms with Crippen molar-refractivity contribution in [2.24, 2.45) is 29.2 Å². The van der Waals surface area contributed by atoms with Gasteiger partial charge in [0.1, 0.15) is 90.3 Å². The number of aromatic nitrogens is 1. The Hall–Kier alpha value is -14.0. The standard InChI is InChI=1S/C88H124N22O23S/c1-45(2)34-58(79(125)103-61(37-50-23-25-52(112)26-24-50)80(126)100-59(35-46(3)4)83(129)108-73(47(5)6)86(132)107-65(44-134)75(121)95-42-68(89)113)101-84(130)64-41-94-69(114)39-63(74(120)96-43-70(115)109-32-15-22-67(109)87(133)110-33-14-21-66(110)85(131)99-57(78(124)106-64)28-30-72(118)119)105-81(127)60(36-49-16-9-8-10-17-49)102-76(122)55(20-13-31-92-88(90)91)98-82(128)62(38-51-40-93-54-19-12-11-18-53(51)54)104-77(123)56(97-48(7)111)27-29-71(116)117/h8-12,16-19,23-26,40,45-47,55-67,73,93,112,134H,13-15,20-22,27-39,41-44H2,1-7H3,(H2,89,113)(H,94,114)(H,95,121)(H,96,120)(H,97,111)(H,98,128)(H,99,131)(H,100,126)(H,101,130)(H,102,122)(H,103,125)(H,104,123)(H,105,127)(H,106,124)(H,107,132)(H,108,129)(H,116,117)(H,118,119)(H4,90,91,92)/t55-,56-,57-,58-,59-,60-,61-,62-,63-,64-,65-,66-,67+,73-/m0/s1.